The summed E-state index contributed by atoms with van der Waals surface area (Å²) in [7, 11) is 0. The fourth-order valence-electron chi connectivity index (χ4n) is 3.48. The molecule has 0 amide bonds. The molecule has 0 aliphatic rings. The number of halogens is 2. The third-order valence-corrected chi connectivity index (χ3v) is 6.12. The molecule has 0 atom stereocenters. The predicted octanol–water partition coefficient (Wildman–Crippen LogP) is 7.44. The van der Waals surface area contributed by atoms with Gasteiger partial charge in [-0.15, -0.1) is 11.3 Å². The molecule has 6 heteroatoms. The molecule has 0 saturated carbocycles. The molecule has 0 unspecified atom stereocenters. The SMILES string of the molecule is CCN(c1cccc(C)c1)c1nc(Cl)nc2sc(C)c(-c3ccc(Cl)cc3)c12. The van der Waals surface area contributed by atoms with Gasteiger partial charge in [-0.25, -0.2) is 4.98 Å². The van der Waals surface area contributed by atoms with Gasteiger partial charge in [-0.2, -0.15) is 4.98 Å². The van der Waals surface area contributed by atoms with E-state index in [1.807, 2.05) is 24.3 Å². The lowest BCUT2D eigenvalue weighted by atomic mass is 10.0. The van der Waals surface area contributed by atoms with Crippen LogP contribution in [0.4, 0.5) is 11.5 Å². The van der Waals surface area contributed by atoms with Crippen LogP contribution in [0.2, 0.25) is 10.3 Å². The van der Waals surface area contributed by atoms with Crippen LogP contribution < -0.4 is 4.90 Å². The highest BCUT2D eigenvalue weighted by atomic mass is 35.5. The number of thiophene rings is 1. The maximum Gasteiger partial charge on any atom is 0.225 e. The van der Waals surface area contributed by atoms with Crippen molar-refractivity contribution in [2.24, 2.45) is 0 Å². The Kier molecular flexibility index (Phi) is 5.28. The Hall–Kier alpha value is -2.14. The molecule has 2 aromatic heterocycles. The van der Waals surface area contributed by atoms with Gasteiger partial charge in [-0.3, -0.25) is 0 Å². The van der Waals surface area contributed by atoms with E-state index >= 15 is 0 Å². The lowest BCUT2D eigenvalue weighted by Gasteiger charge is -2.24. The van der Waals surface area contributed by atoms with Crippen molar-refractivity contribution in [1.82, 2.24) is 9.97 Å². The highest BCUT2D eigenvalue weighted by molar-refractivity contribution is 7.19. The summed E-state index contributed by atoms with van der Waals surface area (Å²) in [4.78, 5) is 13.4. The molecule has 142 valence electrons. The first-order valence-electron chi connectivity index (χ1n) is 9.04. The summed E-state index contributed by atoms with van der Waals surface area (Å²) < 4.78 is 0. The predicted molar refractivity (Wildman–Crippen MR) is 121 cm³/mol. The number of fused-ring (bicyclic) bond motifs is 1. The largest absolute Gasteiger partial charge is 0.326 e. The summed E-state index contributed by atoms with van der Waals surface area (Å²) in [6.45, 7) is 7.08. The Labute approximate surface area is 178 Å². The van der Waals surface area contributed by atoms with Crippen molar-refractivity contribution < 1.29 is 0 Å². The summed E-state index contributed by atoms with van der Waals surface area (Å²) in [6, 6.07) is 16.3. The second-order valence-corrected chi connectivity index (χ2v) is 8.60. The van der Waals surface area contributed by atoms with Crippen molar-refractivity contribution in [1.29, 1.82) is 0 Å². The molecular weight excluding hydrogens is 409 g/mol. The average Bonchev–Trinajstić information content (AvgIpc) is 2.98. The minimum Gasteiger partial charge on any atom is -0.326 e. The number of hydrogen-bond acceptors (Lipinski definition) is 4. The Morgan fingerprint density at radius 1 is 1.00 bits per heavy atom. The van der Waals surface area contributed by atoms with E-state index in [0.717, 1.165) is 44.4 Å². The van der Waals surface area contributed by atoms with E-state index in [9.17, 15) is 0 Å². The number of anilines is 2. The zero-order valence-electron chi connectivity index (χ0n) is 15.8. The lowest BCUT2D eigenvalue weighted by molar-refractivity contribution is 0.990. The molecule has 0 spiro atoms. The highest BCUT2D eigenvalue weighted by Crippen LogP contribution is 2.43. The van der Waals surface area contributed by atoms with Crippen LogP contribution in [0.3, 0.4) is 0 Å². The van der Waals surface area contributed by atoms with Gasteiger partial charge in [0.15, 0.2) is 0 Å². The second-order valence-electron chi connectivity index (χ2n) is 6.62. The number of aromatic nitrogens is 2. The van der Waals surface area contributed by atoms with Crippen LogP contribution in [0, 0.1) is 13.8 Å². The fourth-order valence-corrected chi connectivity index (χ4v) is 4.86. The van der Waals surface area contributed by atoms with Gasteiger partial charge < -0.3 is 4.90 Å². The van der Waals surface area contributed by atoms with Crippen LogP contribution in [-0.4, -0.2) is 16.5 Å². The average molecular weight is 428 g/mol. The normalized spacial score (nSPS) is 11.2. The van der Waals surface area contributed by atoms with E-state index in [4.69, 9.17) is 23.2 Å². The number of hydrogen-bond donors (Lipinski definition) is 0. The maximum atomic E-state index is 6.31. The minimum absolute atomic E-state index is 0.262. The molecule has 0 N–H and O–H groups in total. The van der Waals surface area contributed by atoms with Gasteiger partial charge in [0.2, 0.25) is 5.28 Å². The van der Waals surface area contributed by atoms with Gasteiger partial charge in [-0.05, 0) is 67.8 Å². The van der Waals surface area contributed by atoms with Crippen LogP contribution in [0.15, 0.2) is 48.5 Å². The van der Waals surface area contributed by atoms with Crippen LogP contribution in [0.5, 0.6) is 0 Å². The van der Waals surface area contributed by atoms with Gasteiger partial charge in [0.1, 0.15) is 10.6 Å². The molecule has 0 saturated heterocycles. The molecule has 0 radical (unpaired) electrons. The number of nitrogens with zero attached hydrogens (tertiary/aromatic N) is 3. The van der Waals surface area contributed by atoms with E-state index in [0.29, 0.717) is 0 Å². The van der Waals surface area contributed by atoms with Gasteiger partial charge >= 0.3 is 0 Å². The molecule has 2 aromatic carbocycles. The van der Waals surface area contributed by atoms with E-state index in [-0.39, 0.29) is 5.28 Å². The van der Waals surface area contributed by atoms with Crippen molar-refractivity contribution in [3.8, 4) is 11.1 Å². The Morgan fingerprint density at radius 2 is 1.75 bits per heavy atom. The van der Waals surface area contributed by atoms with Crippen molar-refractivity contribution in [3.63, 3.8) is 0 Å². The Bertz CT molecular complexity index is 1150. The maximum absolute atomic E-state index is 6.31. The first kappa shape index (κ1) is 19.2. The molecule has 0 fully saturated rings. The van der Waals surface area contributed by atoms with Gasteiger partial charge in [0, 0.05) is 27.7 Å². The zero-order chi connectivity index (χ0) is 19.8. The highest BCUT2D eigenvalue weighted by Gasteiger charge is 2.22. The van der Waals surface area contributed by atoms with Crippen molar-refractivity contribution in [2.75, 3.05) is 11.4 Å². The van der Waals surface area contributed by atoms with E-state index in [1.54, 1.807) is 11.3 Å². The third kappa shape index (κ3) is 3.48. The zero-order valence-corrected chi connectivity index (χ0v) is 18.2. The summed E-state index contributed by atoms with van der Waals surface area (Å²) in [5, 5.41) is 2.01. The molecule has 0 bridgehead atoms. The molecule has 28 heavy (non-hydrogen) atoms. The van der Waals surface area contributed by atoms with Gasteiger partial charge in [-0.1, -0.05) is 35.9 Å². The van der Waals surface area contributed by atoms with Crippen molar-refractivity contribution in [2.45, 2.75) is 20.8 Å². The monoisotopic (exact) mass is 427 g/mol. The Balaban J connectivity index is 2.01. The van der Waals surface area contributed by atoms with Crippen molar-refractivity contribution in [3.05, 3.63) is 69.3 Å². The molecular formula is C22H19Cl2N3S. The van der Waals surface area contributed by atoms with Crippen LogP contribution in [0.25, 0.3) is 21.3 Å². The summed E-state index contributed by atoms with van der Waals surface area (Å²) in [5.74, 6) is 0.831. The first-order chi connectivity index (χ1) is 13.5. The number of benzene rings is 2. The summed E-state index contributed by atoms with van der Waals surface area (Å²) in [5.41, 5.74) is 4.52. The van der Waals surface area contributed by atoms with Crippen LogP contribution >= 0.6 is 34.5 Å². The van der Waals surface area contributed by atoms with E-state index in [2.05, 4.69) is 59.9 Å². The number of aryl methyl sites for hydroxylation is 2. The van der Waals surface area contributed by atoms with Crippen molar-refractivity contribution >= 4 is 56.3 Å². The molecule has 0 aliphatic carbocycles. The van der Waals surface area contributed by atoms with E-state index in [1.165, 1.54) is 10.4 Å². The molecule has 4 rings (SSSR count). The van der Waals surface area contributed by atoms with Gasteiger partial charge in [0.25, 0.3) is 0 Å². The molecule has 2 heterocycles. The fraction of sp³-hybridized carbons (Fsp3) is 0.182. The Morgan fingerprint density at radius 3 is 2.43 bits per heavy atom. The second kappa shape index (κ2) is 7.70. The standard InChI is InChI=1S/C22H19Cl2N3S/c1-4-27(17-7-5-6-13(2)12-17)20-19-18(15-8-10-16(23)11-9-15)14(3)28-21(19)26-22(24)25-20/h5-12H,4H2,1-3H3. The quantitative estimate of drug-likeness (QED) is 0.316. The first-order valence-corrected chi connectivity index (χ1v) is 10.6. The molecule has 0 aliphatic heterocycles. The third-order valence-electron chi connectivity index (χ3n) is 4.70. The minimum atomic E-state index is 0.262. The lowest BCUT2D eigenvalue weighted by Crippen LogP contribution is -2.18. The topological polar surface area (TPSA) is 29.0 Å². The van der Waals surface area contributed by atoms with Crippen LogP contribution in [0.1, 0.15) is 17.4 Å². The van der Waals surface area contributed by atoms with Crippen LogP contribution in [-0.2, 0) is 0 Å². The summed E-state index contributed by atoms with van der Waals surface area (Å²) in [6.07, 6.45) is 0. The molecule has 3 nitrogen and oxygen atoms in total. The number of rotatable bonds is 4. The van der Waals surface area contributed by atoms with Gasteiger partial charge in [0.05, 0.1) is 5.39 Å². The van der Waals surface area contributed by atoms with E-state index < -0.39 is 0 Å². The smallest absolute Gasteiger partial charge is 0.225 e. The molecule has 4 aromatic rings. The summed E-state index contributed by atoms with van der Waals surface area (Å²) >= 11 is 14.1.